The van der Waals surface area contributed by atoms with Gasteiger partial charge in [0.25, 0.3) is 11.8 Å². The van der Waals surface area contributed by atoms with Gasteiger partial charge < -0.3 is 4.98 Å². The smallest absolute Gasteiger partial charge is 0.305 e. The Kier molecular flexibility index (Phi) is 8.88. The number of anilines is 2. The number of hydrogen-bond donors (Lipinski definition) is 1. The highest BCUT2D eigenvalue weighted by Gasteiger charge is 2.69. The normalized spacial score (nSPS) is 18.3. The molecule has 1 spiro atoms. The summed E-state index contributed by atoms with van der Waals surface area (Å²) in [7, 11) is 0. The average molecular weight is 747 g/mol. The summed E-state index contributed by atoms with van der Waals surface area (Å²) in [6, 6.07) is 56.9. The van der Waals surface area contributed by atoms with Crippen LogP contribution >= 0.6 is 12.2 Å². The zero-order valence-electron chi connectivity index (χ0n) is 30.0. The standard InChI is InChI=1S/C48H34N4O3S/c53-44-48(45(54)52(37-29-17-6-18-30-37)47(56)51(44)36-27-15-5-16-28-36)40(33-21-9-2-10-22-33)38(31-32-19-7-1-8-20-32)43-39(41(48)34-23-11-3-12-24-34)42(49-46(55)50-43)35-25-13-4-14-26-35/h1-31,40-41H,(H,49,50,55)/b38-31-. The van der Waals surface area contributed by atoms with Crippen LogP contribution in [0.15, 0.2) is 187 Å². The predicted octanol–water partition coefficient (Wildman–Crippen LogP) is 9.26. The molecule has 56 heavy (non-hydrogen) atoms. The van der Waals surface area contributed by atoms with Crippen molar-refractivity contribution in [2.24, 2.45) is 5.41 Å². The van der Waals surface area contributed by atoms with E-state index in [9.17, 15) is 4.79 Å². The van der Waals surface area contributed by atoms with Crippen molar-refractivity contribution in [1.29, 1.82) is 0 Å². The van der Waals surface area contributed by atoms with Gasteiger partial charge in [-0.1, -0.05) is 158 Å². The number of carbonyl (C=O) groups is 2. The lowest BCUT2D eigenvalue weighted by Gasteiger charge is -2.55. The summed E-state index contributed by atoms with van der Waals surface area (Å²) in [4.78, 5) is 57.7. The molecule has 2 aliphatic rings. The molecule has 1 aromatic heterocycles. The Morgan fingerprint density at radius 2 is 0.982 bits per heavy atom. The number of H-pyrrole nitrogens is 1. The zero-order chi connectivity index (χ0) is 38.2. The summed E-state index contributed by atoms with van der Waals surface area (Å²) in [6.45, 7) is 0. The van der Waals surface area contributed by atoms with Gasteiger partial charge in [0.1, 0.15) is 0 Å². The largest absolute Gasteiger partial charge is 0.345 e. The highest BCUT2D eigenvalue weighted by Crippen LogP contribution is 2.64. The second-order valence-corrected chi connectivity index (χ2v) is 14.2. The van der Waals surface area contributed by atoms with E-state index in [1.807, 2.05) is 188 Å². The first-order chi connectivity index (χ1) is 27.5. The van der Waals surface area contributed by atoms with Crippen LogP contribution in [-0.4, -0.2) is 26.9 Å². The lowest BCUT2D eigenvalue weighted by atomic mass is 9.51. The van der Waals surface area contributed by atoms with Crippen molar-refractivity contribution < 1.29 is 9.59 Å². The van der Waals surface area contributed by atoms with Gasteiger partial charge in [-0.15, -0.1) is 0 Å². The predicted molar refractivity (Wildman–Crippen MR) is 225 cm³/mol. The Bertz CT molecular complexity index is 2610. The van der Waals surface area contributed by atoms with Gasteiger partial charge in [-0.3, -0.25) is 19.4 Å². The maximum absolute atomic E-state index is 16.5. The highest BCUT2D eigenvalue weighted by molar-refractivity contribution is 7.81. The number of nitrogens with one attached hydrogen (secondary N) is 1. The quantitative estimate of drug-likeness (QED) is 0.136. The molecule has 2 unspecified atom stereocenters. The third-order valence-electron chi connectivity index (χ3n) is 10.7. The Balaban J connectivity index is 1.51. The van der Waals surface area contributed by atoms with E-state index in [0.29, 0.717) is 50.6 Å². The molecular weight excluding hydrogens is 713 g/mol. The van der Waals surface area contributed by atoms with Crippen LogP contribution in [0.4, 0.5) is 11.4 Å². The number of hydrogen-bond acceptors (Lipinski definition) is 5. The van der Waals surface area contributed by atoms with Crippen molar-refractivity contribution in [2.45, 2.75) is 11.8 Å². The number of thiocarbonyl (C=S) groups is 1. The molecule has 0 bridgehead atoms. The summed E-state index contributed by atoms with van der Waals surface area (Å²) in [5.74, 6) is -2.90. The summed E-state index contributed by atoms with van der Waals surface area (Å²) in [6.07, 6.45) is 1.97. The molecule has 0 saturated carbocycles. The topological polar surface area (TPSA) is 86.4 Å². The third-order valence-corrected chi connectivity index (χ3v) is 11.1. The monoisotopic (exact) mass is 746 g/mol. The molecule has 9 rings (SSSR count). The first kappa shape index (κ1) is 34.7. The van der Waals surface area contributed by atoms with Gasteiger partial charge in [-0.25, -0.2) is 4.79 Å². The SMILES string of the molecule is O=C1N(c2ccccc2)C(=S)N(c2ccccc2)C(=O)C12C(c1ccccc1)/C(=C/c1ccccc1)c1nc(=O)[nH]c(-c3ccccc3)c1C2c1ccccc1. The fourth-order valence-corrected chi connectivity index (χ4v) is 8.85. The third kappa shape index (κ3) is 5.61. The molecule has 7 aromatic rings. The van der Waals surface area contributed by atoms with Crippen molar-refractivity contribution in [3.63, 3.8) is 0 Å². The van der Waals surface area contributed by atoms with Crippen LogP contribution in [0.5, 0.6) is 0 Å². The molecule has 2 atom stereocenters. The number of rotatable bonds is 6. The molecule has 6 aromatic carbocycles. The molecule has 1 N–H and O–H groups in total. The first-order valence-electron chi connectivity index (χ1n) is 18.4. The Labute approximate surface area is 329 Å². The second-order valence-electron chi connectivity index (χ2n) is 13.8. The van der Waals surface area contributed by atoms with E-state index in [-0.39, 0.29) is 5.11 Å². The highest BCUT2D eigenvalue weighted by atomic mass is 32.1. The molecule has 270 valence electrons. The van der Waals surface area contributed by atoms with Gasteiger partial charge >= 0.3 is 5.69 Å². The minimum atomic E-state index is -1.94. The number of fused-ring (bicyclic) bond motifs is 1. The van der Waals surface area contributed by atoms with Crippen LogP contribution in [0.25, 0.3) is 22.9 Å². The molecule has 1 fully saturated rings. The molecule has 2 heterocycles. The number of nitrogens with zero attached hydrogens (tertiary/aromatic N) is 3. The number of allylic oxidation sites excluding steroid dienone is 1. The van der Waals surface area contributed by atoms with E-state index < -0.39 is 34.8 Å². The average Bonchev–Trinajstić information content (AvgIpc) is 3.25. The lowest BCUT2D eigenvalue weighted by Crippen LogP contribution is -2.70. The van der Waals surface area contributed by atoms with Crippen LogP contribution in [0.3, 0.4) is 0 Å². The second kappa shape index (κ2) is 14.3. The maximum Gasteiger partial charge on any atom is 0.345 e. The molecule has 7 nitrogen and oxygen atoms in total. The van der Waals surface area contributed by atoms with E-state index in [2.05, 4.69) is 4.98 Å². The fourth-order valence-electron chi connectivity index (χ4n) is 8.47. The minimum absolute atomic E-state index is 0.0453. The van der Waals surface area contributed by atoms with E-state index in [1.165, 1.54) is 9.80 Å². The Morgan fingerprint density at radius 3 is 1.48 bits per heavy atom. The number of amides is 2. The van der Waals surface area contributed by atoms with Gasteiger partial charge in [0.2, 0.25) is 0 Å². The summed E-state index contributed by atoms with van der Waals surface area (Å²) >= 11 is 6.20. The molecular formula is C48H34N4O3S. The van der Waals surface area contributed by atoms with Gasteiger partial charge in [0.15, 0.2) is 10.5 Å². The molecule has 1 aliphatic carbocycles. The molecule has 1 saturated heterocycles. The summed E-state index contributed by atoms with van der Waals surface area (Å²) in [5.41, 5.74) is 3.52. The number of benzene rings is 6. The van der Waals surface area contributed by atoms with E-state index >= 15 is 9.59 Å². The van der Waals surface area contributed by atoms with Gasteiger partial charge in [0, 0.05) is 17.4 Å². The van der Waals surface area contributed by atoms with Crippen molar-refractivity contribution in [2.75, 3.05) is 9.80 Å². The van der Waals surface area contributed by atoms with E-state index in [4.69, 9.17) is 17.2 Å². The number of carbonyl (C=O) groups excluding carboxylic acids is 2. The summed E-state index contributed by atoms with van der Waals surface area (Å²) in [5, 5.41) is 0.0453. The Morgan fingerprint density at radius 1 is 0.554 bits per heavy atom. The number of aromatic amines is 1. The molecule has 0 radical (unpaired) electrons. The van der Waals surface area contributed by atoms with E-state index in [0.717, 1.165) is 5.56 Å². The van der Waals surface area contributed by atoms with E-state index in [1.54, 1.807) is 0 Å². The number of para-hydroxylation sites is 2. The number of aromatic nitrogens is 2. The minimum Gasteiger partial charge on any atom is -0.305 e. The fraction of sp³-hybridized carbons (Fsp3) is 0.0625. The van der Waals surface area contributed by atoms with Crippen LogP contribution in [0, 0.1) is 5.41 Å². The molecule has 2 amide bonds. The van der Waals surface area contributed by atoms with Crippen LogP contribution < -0.4 is 15.5 Å². The van der Waals surface area contributed by atoms with Crippen molar-refractivity contribution in [1.82, 2.24) is 9.97 Å². The Hall–Kier alpha value is -7.03. The van der Waals surface area contributed by atoms with Gasteiger partial charge in [-0.2, -0.15) is 4.98 Å². The maximum atomic E-state index is 16.5. The first-order valence-corrected chi connectivity index (χ1v) is 18.8. The summed E-state index contributed by atoms with van der Waals surface area (Å²) < 4.78 is 0. The van der Waals surface area contributed by atoms with Crippen LogP contribution in [0.1, 0.15) is 39.8 Å². The van der Waals surface area contributed by atoms with Crippen molar-refractivity contribution in [3.8, 4) is 11.3 Å². The van der Waals surface area contributed by atoms with Crippen LogP contribution in [0.2, 0.25) is 0 Å². The zero-order valence-corrected chi connectivity index (χ0v) is 30.8. The van der Waals surface area contributed by atoms with Crippen molar-refractivity contribution in [3.05, 3.63) is 220 Å². The van der Waals surface area contributed by atoms with Crippen LogP contribution in [-0.2, 0) is 9.59 Å². The molecule has 1 aliphatic heterocycles. The van der Waals surface area contributed by atoms with Gasteiger partial charge in [-0.05, 0) is 70.4 Å². The lowest BCUT2D eigenvalue weighted by molar-refractivity contribution is -0.142. The van der Waals surface area contributed by atoms with Gasteiger partial charge in [0.05, 0.1) is 22.8 Å². The molecule has 8 heteroatoms. The van der Waals surface area contributed by atoms with Crippen molar-refractivity contribution >= 4 is 52.2 Å².